The number of rotatable bonds is 2. The first-order valence-electron chi connectivity index (χ1n) is 6.11. The van der Waals surface area contributed by atoms with Crippen molar-refractivity contribution in [1.29, 1.82) is 0 Å². The second-order valence-electron chi connectivity index (χ2n) is 4.40. The maximum Gasteiger partial charge on any atom is 0.335 e. The number of ether oxygens (including phenoxy) is 2. The first-order chi connectivity index (χ1) is 9.67. The molecule has 3 rings (SSSR count). The van der Waals surface area contributed by atoms with Gasteiger partial charge < -0.3 is 14.6 Å². The smallest absolute Gasteiger partial charge is 0.335 e. The lowest BCUT2D eigenvalue weighted by atomic mass is 10.1. The van der Waals surface area contributed by atoms with Gasteiger partial charge in [-0.2, -0.15) is 9.97 Å². The van der Waals surface area contributed by atoms with E-state index in [1.807, 2.05) is 0 Å². The zero-order valence-electron chi connectivity index (χ0n) is 10.8. The second kappa shape index (κ2) is 4.80. The average Bonchev–Trinajstić information content (AvgIpc) is 2.64. The lowest BCUT2D eigenvalue weighted by molar-refractivity contribution is 0.0696. The molecular formula is C14H12N2O4. The predicted molar refractivity (Wildman–Crippen MR) is 69.5 cm³/mol. The Balaban J connectivity index is 2.02. The molecule has 0 fully saturated rings. The van der Waals surface area contributed by atoms with Crippen molar-refractivity contribution in [2.45, 2.75) is 12.8 Å². The molecule has 20 heavy (non-hydrogen) atoms. The van der Waals surface area contributed by atoms with E-state index in [1.54, 1.807) is 18.3 Å². The molecule has 2 aromatic rings. The number of aromatic nitrogens is 2. The van der Waals surface area contributed by atoms with E-state index >= 15 is 0 Å². The van der Waals surface area contributed by atoms with E-state index < -0.39 is 5.97 Å². The second-order valence-corrected chi connectivity index (χ2v) is 4.40. The summed E-state index contributed by atoms with van der Waals surface area (Å²) < 4.78 is 10.7. The Labute approximate surface area is 115 Å². The van der Waals surface area contributed by atoms with Crippen LogP contribution in [-0.4, -0.2) is 28.2 Å². The SMILES string of the molecule is COc1ncc2c(n1)CCc1ccc(C(=O)O)cc1O2. The fourth-order valence-electron chi connectivity index (χ4n) is 2.11. The van der Waals surface area contributed by atoms with E-state index in [4.69, 9.17) is 14.6 Å². The number of benzene rings is 1. The summed E-state index contributed by atoms with van der Waals surface area (Å²) in [4.78, 5) is 19.3. The highest BCUT2D eigenvalue weighted by Gasteiger charge is 2.18. The number of carbonyl (C=O) groups is 1. The standard InChI is InChI=1S/C14H12N2O4/c1-19-14-15-7-12-10(16-14)5-4-8-2-3-9(13(17)18)6-11(8)20-12/h2-3,6-7H,4-5H2,1H3,(H,17,18). The molecule has 1 aliphatic heterocycles. The largest absolute Gasteiger partial charge is 0.478 e. The maximum atomic E-state index is 11.0. The van der Waals surface area contributed by atoms with Crippen molar-refractivity contribution in [2.24, 2.45) is 0 Å². The fraction of sp³-hybridized carbons (Fsp3) is 0.214. The summed E-state index contributed by atoms with van der Waals surface area (Å²) in [5, 5.41) is 9.02. The molecule has 6 nitrogen and oxygen atoms in total. The normalized spacial score (nSPS) is 12.7. The topological polar surface area (TPSA) is 81.5 Å². The third-order valence-corrected chi connectivity index (χ3v) is 3.16. The summed E-state index contributed by atoms with van der Waals surface area (Å²) >= 11 is 0. The zero-order chi connectivity index (χ0) is 14.1. The predicted octanol–water partition coefficient (Wildman–Crippen LogP) is 2.07. The van der Waals surface area contributed by atoms with Gasteiger partial charge in [-0.3, -0.25) is 0 Å². The highest BCUT2D eigenvalue weighted by atomic mass is 16.5. The molecule has 102 valence electrons. The molecule has 0 spiro atoms. The lowest BCUT2D eigenvalue weighted by Gasteiger charge is -2.09. The molecule has 1 aromatic heterocycles. The summed E-state index contributed by atoms with van der Waals surface area (Å²) in [7, 11) is 1.51. The number of methoxy groups -OCH3 is 1. The highest BCUT2D eigenvalue weighted by Crippen LogP contribution is 2.33. The first kappa shape index (κ1) is 12.4. The van der Waals surface area contributed by atoms with Crippen LogP contribution in [0, 0.1) is 0 Å². The van der Waals surface area contributed by atoms with Crippen molar-refractivity contribution >= 4 is 5.97 Å². The molecule has 0 radical (unpaired) electrons. The van der Waals surface area contributed by atoms with Crippen molar-refractivity contribution in [3.8, 4) is 17.5 Å². The molecule has 6 heteroatoms. The van der Waals surface area contributed by atoms with Gasteiger partial charge in [0.15, 0.2) is 5.75 Å². The van der Waals surface area contributed by atoms with E-state index in [-0.39, 0.29) is 5.56 Å². The van der Waals surface area contributed by atoms with Crippen LogP contribution in [0.5, 0.6) is 17.5 Å². The summed E-state index contributed by atoms with van der Waals surface area (Å²) in [5.74, 6) is 0.0938. The van der Waals surface area contributed by atoms with E-state index in [1.165, 1.54) is 13.2 Å². The number of hydrogen-bond donors (Lipinski definition) is 1. The van der Waals surface area contributed by atoms with Gasteiger partial charge in [-0.25, -0.2) is 4.79 Å². The van der Waals surface area contributed by atoms with Gasteiger partial charge in [0.05, 0.1) is 24.6 Å². The van der Waals surface area contributed by atoms with Gasteiger partial charge in [-0.1, -0.05) is 6.07 Å². The Kier molecular flexibility index (Phi) is 2.98. The van der Waals surface area contributed by atoms with Gasteiger partial charge in [-0.15, -0.1) is 0 Å². The molecule has 0 bridgehead atoms. The van der Waals surface area contributed by atoms with Crippen molar-refractivity contribution in [3.05, 3.63) is 41.2 Å². The Morgan fingerprint density at radius 3 is 2.95 bits per heavy atom. The van der Waals surface area contributed by atoms with Crippen LogP contribution in [0.15, 0.2) is 24.4 Å². The number of aryl methyl sites for hydroxylation is 2. The number of carboxylic acid groups (broad SMARTS) is 1. The maximum absolute atomic E-state index is 11.0. The van der Waals surface area contributed by atoms with Crippen LogP contribution in [0.4, 0.5) is 0 Å². The third-order valence-electron chi connectivity index (χ3n) is 3.16. The molecular weight excluding hydrogens is 260 g/mol. The van der Waals surface area contributed by atoms with Gasteiger partial charge in [-0.05, 0) is 30.5 Å². The molecule has 0 aliphatic carbocycles. The Morgan fingerprint density at radius 2 is 2.20 bits per heavy atom. The van der Waals surface area contributed by atoms with Crippen LogP contribution in [0.3, 0.4) is 0 Å². The van der Waals surface area contributed by atoms with Crippen LogP contribution in [0.1, 0.15) is 21.6 Å². The molecule has 2 heterocycles. The Morgan fingerprint density at radius 1 is 1.35 bits per heavy atom. The van der Waals surface area contributed by atoms with Crippen LogP contribution >= 0.6 is 0 Å². The van der Waals surface area contributed by atoms with Gasteiger partial charge in [0.1, 0.15) is 5.75 Å². The molecule has 0 unspecified atom stereocenters. The van der Waals surface area contributed by atoms with Gasteiger partial charge >= 0.3 is 12.0 Å². The average molecular weight is 272 g/mol. The van der Waals surface area contributed by atoms with Gasteiger partial charge in [0.2, 0.25) is 0 Å². The van der Waals surface area contributed by atoms with Crippen molar-refractivity contribution in [1.82, 2.24) is 9.97 Å². The summed E-state index contributed by atoms with van der Waals surface area (Å²) in [6, 6.07) is 5.17. The first-order valence-corrected chi connectivity index (χ1v) is 6.11. The van der Waals surface area contributed by atoms with Gasteiger partial charge in [0.25, 0.3) is 0 Å². The van der Waals surface area contributed by atoms with E-state index in [2.05, 4.69) is 9.97 Å². The van der Waals surface area contributed by atoms with Crippen LogP contribution in [0.25, 0.3) is 0 Å². The molecule has 1 aromatic carbocycles. The van der Waals surface area contributed by atoms with E-state index in [0.717, 1.165) is 17.7 Å². The molecule has 0 amide bonds. The molecule has 0 saturated heterocycles. The number of nitrogens with zero attached hydrogens (tertiary/aromatic N) is 2. The summed E-state index contributed by atoms with van der Waals surface area (Å²) in [6.07, 6.45) is 2.96. The van der Waals surface area contributed by atoms with E-state index in [0.29, 0.717) is 23.9 Å². The third kappa shape index (κ3) is 2.16. The Hall–Kier alpha value is -2.63. The number of carboxylic acids is 1. The monoisotopic (exact) mass is 272 g/mol. The zero-order valence-corrected chi connectivity index (χ0v) is 10.8. The minimum absolute atomic E-state index is 0.196. The lowest BCUT2D eigenvalue weighted by Crippen LogP contribution is -1.99. The number of aromatic carboxylic acids is 1. The van der Waals surface area contributed by atoms with Gasteiger partial charge in [0, 0.05) is 0 Å². The molecule has 0 atom stereocenters. The van der Waals surface area contributed by atoms with Crippen molar-refractivity contribution in [2.75, 3.05) is 7.11 Å². The molecule has 1 N–H and O–H groups in total. The van der Waals surface area contributed by atoms with Crippen molar-refractivity contribution in [3.63, 3.8) is 0 Å². The number of hydrogen-bond acceptors (Lipinski definition) is 5. The Bertz CT molecular complexity index is 685. The van der Waals surface area contributed by atoms with Crippen LogP contribution < -0.4 is 9.47 Å². The minimum atomic E-state index is -0.980. The van der Waals surface area contributed by atoms with Crippen LogP contribution in [-0.2, 0) is 12.8 Å². The van der Waals surface area contributed by atoms with E-state index in [9.17, 15) is 4.79 Å². The summed E-state index contributed by atoms with van der Waals surface area (Å²) in [5.41, 5.74) is 1.90. The minimum Gasteiger partial charge on any atom is -0.478 e. The van der Waals surface area contributed by atoms with Crippen molar-refractivity contribution < 1.29 is 19.4 Å². The number of fused-ring (bicyclic) bond motifs is 2. The summed E-state index contributed by atoms with van der Waals surface area (Å²) in [6.45, 7) is 0. The highest BCUT2D eigenvalue weighted by molar-refractivity contribution is 5.88. The molecule has 0 saturated carbocycles. The molecule has 1 aliphatic rings. The van der Waals surface area contributed by atoms with Crippen LogP contribution in [0.2, 0.25) is 0 Å². The fourth-order valence-corrected chi connectivity index (χ4v) is 2.11. The quantitative estimate of drug-likeness (QED) is 0.901.